The van der Waals surface area contributed by atoms with E-state index in [4.69, 9.17) is 5.73 Å². The fourth-order valence-electron chi connectivity index (χ4n) is 2.69. The molecule has 3 N–H and O–H groups in total. The molecule has 2 aromatic carbocycles. The molecular weight excluding hydrogens is 326 g/mol. The van der Waals surface area contributed by atoms with Crippen molar-refractivity contribution < 1.29 is 4.79 Å². The first-order valence-electron chi connectivity index (χ1n) is 8.57. The van der Waals surface area contributed by atoms with Crippen LogP contribution in [0.4, 0.5) is 11.5 Å². The summed E-state index contributed by atoms with van der Waals surface area (Å²) in [6.07, 6.45) is 0. The maximum absolute atomic E-state index is 12.6. The molecule has 0 aliphatic heterocycles. The van der Waals surface area contributed by atoms with Crippen molar-refractivity contribution in [2.75, 3.05) is 11.1 Å². The van der Waals surface area contributed by atoms with Crippen LogP contribution in [-0.4, -0.2) is 20.9 Å². The van der Waals surface area contributed by atoms with E-state index in [1.165, 1.54) is 10.2 Å². The summed E-state index contributed by atoms with van der Waals surface area (Å²) in [4.78, 5) is 12.6. The predicted octanol–water partition coefficient (Wildman–Crippen LogP) is 3.84. The third-order valence-electron chi connectivity index (χ3n) is 4.37. The number of benzene rings is 2. The zero-order chi connectivity index (χ0) is 18.8. The number of nitrogen functional groups attached to an aromatic ring is 1. The summed E-state index contributed by atoms with van der Waals surface area (Å²) in [5, 5.41) is 10.9. The third kappa shape index (κ3) is 3.44. The van der Waals surface area contributed by atoms with Gasteiger partial charge in [0.15, 0.2) is 11.5 Å². The van der Waals surface area contributed by atoms with Gasteiger partial charge in [-0.1, -0.05) is 43.3 Å². The first-order valence-corrected chi connectivity index (χ1v) is 8.57. The molecule has 0 atom stereocenters. The smallest absolute Gasteiger partial charge is 0.280 e. The average Bonchev–Trinajstić information content (AvgIpc) is 3.00. The zero-order valence-electron chi connectivity index (χ0n) is 15.4. The van der Waals surface area contributed by atoms with Crippen LogP contribution < -0.4 is 11.1 Å². The number of carbonyl (C=O) groups excluding carboxylic acids is 1. The van der Waals surface area contributed by atoms with Gasteiger partial charge in [-0.05, 0) is 54.7 Å². The second-order valence-electron chi connectivity index (χ2n) is 6.75. The molecule has 6 heteroatoms. The minimum atomic E-state index is -0.374. The van der Waals surface area contributed by atoms with E-state index in [9.17, 15) is 4.79 Å². The van der Waals surface area contributed by atoms with Gasteiger partial charge in [0.25, 0.3) is 5.91 Å². The molecule has 6 nitrogen and oxygen atoms in total. The molecule has 0 radical (unpaired) electrons. The van der Waals surface area contributed by atoms with Crippen molar-refractivity contribution >= 4 is 17.4 Å². The lowest BCUT2D eigenvalue weighted by Gasteiger charge is -2.09. The van der Waals surface area contributed by atoms with Gasteiger partial charge in [0.2, 0.25) is 0 Å². The molecule has 0 bridgehead atoms. The number of aromatic nitrogens is 3. The lowest BCUT2D eigenvalue weighted by molar-refractivity contribution is 0.102. The Hall–Kier alpha value is -3.15. The van der Waals surface area contributed by atoms with Crippen LogP contribution in [0.3, 0.4) is 0 Å². The molecule has 1 aromatic heterocycles. The highest BCUT2D eigenvalue weighted by molar-refractivity contribution is 6.06. The molecule has 1 amide bonds. The van der Waals surface area contributed by atoms with E-state index >= 15 is 0 Å². The number of anilines is 2. The highest BCUT2D eigenvalue weighted by Gasteiger charge is 2.19. The lowest BCUT2D eigenvalue weighted by atomic mass is 10.0. The van der Waals surface area contributed by atoms with E-state index in [1.54, 1.807) is 0 Å². The van der Waals surface area contributed by atoms with Gasteiger partial charge in [0.05, 0.1) is 5.69 Å². The average molecular weight is 349 g/mol. The number of hydrogen-bond donors (Lipinski definition) is 2. The van der Waals surface area contributed by atoms with Crippen LogP contribution in [-0.2, 0) is 0 Å². The highest BCUT2D eigenvalue weighted by atomic mass is 16.2. The first-order chi connectivity index (χ1) is 12.4. The lowest BCUT2D eigenvalue weighted by Crippen LogP contribution is -2.15. The Bertz CT molecular complexity index is 941. The fraction of sp³-hybridized carbons (Fsp3) is 0.250. The largest absolute Gasteiger partial charge is 0.382 e. The molecule has 0 saturated heterocycles. The van der Waals surface area contributed by atoms with Gasteiger partial charge >= 0.3 is 0 Å². The Morgan fingerprint density at radius 1 is 1.12 bits per heavy atom. The summed E-state index contributed by atoms with van der Waals surface area (Å²) in [5.41, 5.74) is 11.0. The van der Waals surface area contributed by atoms with E-state index in [2.05, 4.69) is 29.5 Å². The third-order valence-corrected chi connectivity index (χ3v) is 4.37. The summed E-state index contributed by atoms with van der Waals surface area (Å²) >= 11 is 0. The van der Waals surface area contributed by atoms with Gasteiger partial charge in [-0.2, -0.15) is 4.68 Å². The van der Waals surface area contributed by atoms with Crippen molar-refractivity contribution in [1.29, 1.82) is 0 Å². The Labute approximate surface area is 153 Å². The number of hydrogen-bond acceptors (Lipinski definition) is 4. The van der Waals surface area contributed by atoms with Gasteiger partial charge in [0.1, 0.15) is 0 Å². The molecule has 0 unspecified atom stereocenters. The highest BCUT2D eigenvalue weighted by Crippen LogP contribution is 2.21. The Morgan fingerprint density at radius 2 is 1.81 bits per heavy atom. The maximum Gasteiger partial charge on any atom is 0.280 e. The van der Waals surface area contributed by atoms with Crippen molar-refractivity contribution in [3.63, 3.8) is 0 Å². The van der Waals surface area contributed by atoms with Crippen molar-refractivity contribution in [3.05, 3.63) is 64.8 Å². The topological polar surface area (TPSA) is 85.8 Å². The number of nitrogens with zero attached hydrogens (tertiary/aromatic N) is 3. The van der Waals surface area contributed by atoms with Crippen LogP contribution in [0.5, 0.6) is 0 Å². The first kappa shape index (κ1) is 17.7. The van der Waals surface area contributed by atoms with E-state index in [0.29, 0.717) is 5.92 Å². The standard InChI is InChI=1S/C20H23N5O/c1-12(2)15-7-9-16(10-8-15)25-19(21)18(23-24-25)20(26)22-17-11-13(3)5-6-14(17)4/h5-12H,21H2,1-4H3,(H,22,26). The summed E-state index contributed by atoms with van der Waals surface area (Å²) in [6, 6.07) is 13.8. The van der Waals surface area contributed by atoms with Crippen LogP contribution in [0.25, 0.3) is 5.69 Å². The number of carbonyl (C=O) groups is 1. The second kappa shape index (κ2) is 7.00. The van der Waals surface area contributed by atoms with Crippen LogP contribution >= 0.6 is 0 Å². The fourth-order valence-corrected chi connectivity index (χ4v) is 2.69. The monoisotopic (exact) mass is 349 g/mol. The molecular formula is C20H23N5O. The van der Waals surface area contributed by atoms with Gasteiger partial charge in [-0.25, -0.2) is 0 Å². The summed E-state index contributed by atoms with van der Waals surface area (Å²) < 4.78 is 1.47. The predicted molar refractivity (Wildman–Crippen MR) is 104 cm³/mol. The van der Waals surface area contributed by atoms with E-state index in [0.717, 1.165) is 22.5 Å². The SMILES string of the molecule is Cc1ccc(C)c(NC(=O)c2nnn(-c3ccc(C(C)C)cc3)c2N)c1. The quantitative estimate of drug-likeness (QED) is 0.749. The van der Waals surface area contributed by atoms with Gasteiger partial charge in [0, 0.05) is 5.69 Å². The molecule has 0 spiro atoms. The summed E-state index contributed by atoms with van der Waals surface area (Å²) in [6.45, 7) is 8.18. The second-order valence-corrected chi connectivity index (χ2v) is 6.75. The van der Waals surface area contributed by atoms with Crippen molar-refractivity contribution in [2.24, 2.45) is 0 Å². The van der Waals surface area contributed by atoms with Crippen molar-refractivity contribution in [1.82, 2.24) is 15.0 Å². The van der Waals surface area contributed by atoms with Crippen LogP contribution in [0, 0.1) is 13.8 Å². The van der Waals surface area contributed by atoms with E-state index in [-0.39, 0.29) is 17.4 Å². The van der Waals surface area contributed by atoms with Crippen molar-refractivity contribution in [3.8, 4) is 5.69 Å². The molecule has 0 saturated carbocycles. The number of rotatable bonds is 4. The number of aryl methyl sites for hydroxylation is 2. The molecule has 0 aliphatic carbocycles. The van der Waals surface area contributed by atoms with Crippen LogP contribution in [0.1, 0.15) is 46.9 Å². The minimum absolute atomic E-state index is 0.110. The van der Waals surface area contributed by atoms with Gasteiger partial charge in [-0.3, -0.25) is 4.79 Å². The molecule has 3 aromatic rings. The van der Waals surface area contributed by atoms with Crippen LogP contribution in [0.2, 0.25) is 0 Å². The number of amides is 1. The molecule has 0 fully saturated rings. The number of nitrogens with two attached hydrogens (primary N) is 1. The van der Waals surface area contributed by atoms with Crippen molar-refractivity contribution in [2.45, 2.75) is 33.6 Å². The Kier molecular flexibility index (Phi) is 4.75. The van der Waals surface area contributed by atoms with Crippen LogP contribution in [0.15, 0.2) is 42.5 Å². The molecule has 0 aliphatic rings. The Balaban J connectivity index is 1.86. The summed E-state index contributed by atoms with van der Waals surface area (Å²) in [5.74, 6) is 0.280. The molecule has 134 valence electrons. The minimum Gasteiger partial charge on any atom is -0.382 e. The number of nitrogens with one attached hydrogen (secondary N) is 1. The van der Waals surface area contributed by atoms with E-state index < -0.39 is 0 Å². The van der Waals surface area contributed by atoms with Gasteiger partial charge in [-0.15, -0.1) is 5.10 Å². The zero-order valence-corrected chi connectivity index (χ0v) is 15.4. The maximum atomic E-state index is 12.6. The van der Waals surface area contributed by atoms with E-state index in [1.807, 2.05) is 56.3 Å². The molecule has 1 heterocycles. The Morgan fingerprint density at radius 3 is 2.46 bits per heavy atom. The molecule has 26 heavy (non-hydrogen) atoms. The molecule has 3 rings (SSSR count). The normalized spacial score (nSPS) is 11.0. The summed E-state index contributed by atoms with van der Waals surface area (Å²) in [7, 11) is 0. The van der Waals surface area contributed by atoms with Gasteiger partial charge < -0.3 is 11.1 Å².